The van der Waals surface area contributed by atoms with Gasteiger partial charge in [0.25, 0.3) is 0 Å². The molecule has 0 bridgehead atoms. The average molecular weight is 378 g/mol. The molecular weight excluding hydrogens is 352 g/mol. The van der Waals surface area contributed by atoms with Gasteiger partial charge < -0.3 is 14.7 Å². The van der Waals surface area contributed by atoms with Crippen LogP contribution in [-0.2, 0) is 10.0 Å². The van der Waals surface area contributed by atoms with Crippen LogP contribution in [0.4, 0.5) is 5.69 Å². The van der Waals surface area contributed by atoms with Crippen molar-refractivity contribution in [3.05, 3.63) is 53.1 Å². The highest BCUT2D eigenvalue weighted by Gasteiger charge is 2.19. The number of ether oxygens (including phenoxy) is 1. The number of aliphatic hydroxyl groups excluding tert-OH is 1. The molecule has 6 nitrogen and oxygen atoms in total. The van der Waals surface area contributed by atoms with Gasteiger partial charge in [0.1, 0.15) is 5.75 Å². The molecule has 0 fully saturated rings. The van der Waals surface area contributed by atoms with Crippen LogP contribution in [0.3, 0.4) is 0 Å². The zero-order valence-electron chi connectivity index (χ0n) is 15.8. The number of anilines is 1. The molecule has 0 unspecified atom stereocenters. The van der Waals surface area contributed by atoms with Gasteiger partial charge in [0, 0.05) is 26.3 Å². The van der Waals surface area contributed by atoms with Gasteiger partial charge in [-0.15, -0.1) is 0 Å². The van der Waals surface area contributed by atoms with Crippen LogP contribution < -0.4 is 14.4 Å². The van der Waals surface area contributed by atoms with E-state index in [1.54, 1.807) is 45.2 Å². The minimum Gasteiger partial charge on any atom is -0.496 e. The fraction of sp³-hybridized carbons (Fsp3) is 0.368. The highest BCUT2D eigenvalue weighted by Crippen LogP contribution is 2.26. The SMILES string of the molecule is COc1c(C)cc(S(=O)(=O)NC[C@H](O)c2ccc(N(C)C)cc2)cc1C. The van der Waals surface area contributed by atoms with Gasteiger partial charge in [-0.1, -0.05) is 12.1 Å². The van der Waals surface area contributed by atoms with Crippen LogP contribution in [0, 0.1) is 13.8 Å². The quantitative estimate of drug-likeness (QED) is 0.773. The molecule has 26 heavy (non-hydrogen) atoms. The van der Waals surface area contributed by atoms with E-state index in [0.717, 1.165) is 16.8 Å². The number of hydrogen-bond acceptors (Lipinski definition) is 5. The normalized spacial score (nSPS) is 12.7. The van der Waals surface area contributed by atoms with E-state index in [9.17, 15) is 13.5 Å². The molecule has 0 aliphatic carbocycles. The number of benzene rings is 2. The summed E-state index contributed by atoms with van der Waals surface area (Å²) in [6.07, 6.45) is -0.929. The van der Waals surface area contributed by atoms with Crippen LogP contribution in [0.15, 0.2) is 41.3 Å². The second-order valence-corrected chi connectivity index (χ2v) is 8.21. The summed E-state index contributed by atoms with van der Waals surface area (Å²) in [5.74, 6) is 0.671. The van der Waals surface area contributed by atoms with E-state index in [1.807, 2.05) is 31.1 Å². The van der Waals surface area contributed by atoms with Crippen molar-refractivity contribution in [1.82, 2.24) is 4.72 Å². The first-order valence-corrected chi connectivity index (χ1v) is 9.74. The van der Waals surface area contributed by atoms with Gasteiger partial charge in [-0.05, 0) is 54.8 Å². The molecule has 142 valence electrons. The molecule has 0 aromatic heterocycles. The summed E-state index contributed by atoms with van der Waals surface area (Å²) in [7, 11) is 1.68. The molecule has 0 aliphatic heterocycles. The largest absolute Gasteiger partial charge is 0.496 e. The van der Waals surface area contributed by atoms with Gasteiger partial charge in [-0.3, -0.25) is 0 Å². The summed E-state index contributed by atoms with van der Waals surface area (Å²) in [4.78, 5) is 2.11. The van der Waals surface area contributed by atoms with Gasteiger partial charge in [0.15, 0.2) is 0 Å². The number of aliphatic hydroxyl groups is 1. The Balaban J connectivity index is 2.12. The third kappa shape index (κ3) is 4.55. The summed E-state index contributed by atoms with van der Waals surface area (Å²) in [6, 6.07) is 10.5. The number of aryl methyl sites for hydroxylation is 2. The van der Waals surface area contributed by atoms with Gasteiger partial charge in [-0.2, -0.15) is 0 Å². The second kappa shape index (κ2) is 8.07. The Morgan fingerprint density at radius 3 is 2.12 bits per heavy atom. The van der Waals surface area contributed by atoms with Crippen molar-refractivity contribution in [3.8, 4) is 5.75 Å². The Morgan fingerprint density at radius 1 is 1.12 bits per heavy atom. The van der Waals surface area contributed by atoms with E-state index >= 15 is 0 Å². The van der Waals surface area contributed by atoms with Crippen molar-refractivity contribution in [1.29, 1.82) is 0 Å². The van der Waals surface area contributed by atoms with Crippen molar-refractivity contribution in [2.24, 2.45) is 0 Å². The predicted octanol–water partition coefficient (Wildman–Crippen LogP) is 2.39. The van der Waals surface area contributed by atoms with Gasteiger partial charge >= 0.3 is 0 Å². The van der Waals surface area contributed by atoms with Crippen LogP contribution in [0.1, 0.15) is 22.8 Å². The minimum absolute atomic E-state index is 0.103. The minimum atomic E-state index is -3.73. The van der Waals surface area contributed by atoms with Crippen LogP contribution in [0.2, 0.25) is 0 Å². The standard InChI is InChI=1S/C19H26N2O4S/c1-13-10-17(11-14(2)19(13)25-5)26(23,24)20-12-18(22)15-6-8-16(9-7-15)21(3)4/h6-11,18,20,22H,12H2,1-5H3/t18-/m0/s1. The molecule has 0 aliphatic rings. The first kappa shape index (κ1) is 20.2. The molecule has 0 heterocycles. The van der Waals surface area contributed by atoms with Crippen molar-refractivity contribution in [2.75, 3.05) is 32.6 Å². The van der Waals surface area contributed by atoms with Crippen molar-refractivity contribution in [2.45, 2.75) is 24.8 Å². The molecule has 2 rings (SSSR count). The van der Waals surface area contributed by atoms with Gasteiger partial charge in [0.05, 0.1) is 18.1 Å². The summed E-state index contributed by atoms with van der Waals surface area (Å²) in [5.41, 5.74) is 3.14. The molecule has 0 saturated heterocycles. The number of nitrogens with one attached hydrogen (secondary N) is 1. The van der Waals surface area contributed by atoms with Crippen LogP contribution in [-0.4, -0.2) is 41.3 Å². The number of sulfonamides is 1. The highest BCUT2D eigenvalue weighted by atomic mass is 32.2. The van der Waals surface area contributed by atoms with E-state index in [1.165, 1.54) is 0 Å². The third-order valence-electron chi connectivity index (χ3n) is 4.21. The maximum absolute atomic E-state index is 12.5. The topological polar surface area (TPSA) is 78.9 Å². The number of hydrogen-bond donors (Lipinski definition) is 2. The lowest BCUT2D eigenvalue weighted by molar-refractivity contribution is 0.182. The zero-order valence-corrected chi connectivity index (χ0v) is 16.6. The Labute approximate surface area is 155 Å². The smallest absolute Gasteiger partial charge is 0.240 e. The van der Waals surface area contributed by atoms with E-state index in [0.29, 0.717) is 11.3 Å². The van der Waals surface area contributed by atoms with Gasteiger partial charge in [-0.25, -0.2) is 13.1 Å². The molecule has 2 aromatic rings. The predicted molar refractivity (Wildman–Crippen MR) is 103 cm³/mol. The lowest BCUT2D eigenvalue weighted by Crippen LogP contribution is -2.28. The van der Waals surface area contributed by atoms with E-state index in [-0.39, 0.29) is 11.4 Å². The van der Waals surface area contributed by atoms with E-state index < -0.39 is 16.1 Å². The highest BCUT2D eigenvalue weighted by molar-refractivity contribution is 7.89. The maximum Gasteiger partial charge on any atom is 0.240 e. The monoisotopic (exact) mass is 378 g/mol. The van der Waals surface area contributed by atoms with Gasteiger partial charge in [0.2, 0.25) is 10.0 Å². The lowest BCUT2D eigenvalue weighted by atomic mass is 10.1. The molecule has 2 N–H and O–H groups in total. The van der Waals surface area contributed by atoms with Crippen molar-refractivity contribution in [3.63, 3.8) is 0 Å². The fourth-order valence-electron chi connectivity index (χ4n) is 2.77. The summed E-state index contributed by atoms with van der Waals surface area (Å²) >= 11 is 0. The Kier molecular flexibility index (Phi) is 6.28. The van der Waals surface area contributed by atoms with Crippen LogP contribution in [0.5, 0.6) is 5.75 Å². The molecule has 2 aromatic carbocycles. The summed E-state index contributed by atoms with van der Waals surface area (Å²) in [6.45, 7) is 3.49. The molecule has 0 radical (unpaired) electrons. The molecule has 0 spiro atoms. The molecular formula is C19H26N2O4S. The zero-order chi connectivity index (χ0) is 19.5. The number of nitrogens with zero attached hydrogens (tertiary/aromatic N) is 1. The average Bonchev–Trinajstić information content (AvgIpc) is 2.59. The Morgan fingerprint density at radius 2 is 1.65 bits per heavy atom. The summed E-state index contributed by atoms with van der Waals surface area (Å²) < 4.78 is 32.8. The van der Waals surface area contributed by atoms with Crippen molar-refractivity contribution >= 4 is 15.7 Å². The van der Waals surface area contributed by atoms with E-state index in [4.69, 9.17) is 4.74 Å². The number of rotatable bonds is 7. The molecule has 7 heteroatoms. The van der Waals surface area contributed by atoms with Crippen LogP contribution >= 0.6 is 0 Å². The second-order valence-electron chi connectivity index (χ2n) is 6.44. The first-order chi connectivity index (χ1) is 12.2. The maximum atomic E-state index is 12.5. The van der Waals surface area contributed by atoms with Crippen molar-refractivity contribution < 1.29 is 18.3 Å². The number of methoxy groups -OCH3 is 1. The fourth-order valence-corrected chi connectivity index (χ4v) is 3.98. The molecule has 1 atom stereocenters. The van der Waals surface area contributed by atoms with E-state index in [2.05, 4.69) is 4.72 Å². The summed E-state index contributed by atoms with van der Waals surface area (Å²) in [5, 5.41) is 10.3. The third-order valence-corrected chi connectivity index (χ3v) is 5.61. The first-order valence-electron chi connectivity index (χ1n) is 8.26. The Bertz CT molecular complexity index is 839. The van der Waals surface area contributed by atoms with Crippen LogP contribution in [0.25, 0.3) is 0 Å². The lowest BCUT2D eigenvalue weighted by Gasteiger charge is -2.16. The molecule has 0 saturated carbocycles. The molecule has 0 amide bonds. The Hall–Kier alpha value is -2.09.